The second-order valence-electron chi connectivity index (χ2n) is 4.32. The molecule has 0 saturated carbocycles. The molecule has 0 heterocycles. The van der Waals surface area contributed by atoms with Crippen LogP contribution in [0.15, 0.2) is 0 Å². The minimum atomic E-state index is 0.142. The summed E-state index contributed by atoms with van der Waals surface area (Å²) in [6, 6.07) is 0.261. The Morgan fingerprint density at radius 1 is 1.47 bits per heavy atom. The lowest BCUT2D eigenvalue weighted by molar-refractivity contribution is -0.131. The van der Waals surface area contributed by atoms with Crippen molar-refractivity contribution in [3.05, 3.63) is 0 Å². The van der Waals surface area contributed by atoms with E-state index in [4.69, 9.17) is 10.5 Å². The summed E-state index contributed by atoms with van der Waals surface area (Å²) in [5.74, 6) is 0.142. The van der Waals surface area contributed by atoms with Crippen LogP contribution in [-0.2, 0) is 9.53 Å². The third kappa shape index (κ3) is 6.61. The first-order valence-electron chi connectivity index (χ1n) is 6.23. The Bertz CT molecular complexity index is 212. The molecule has 1 amide bonds. The van der Waals surface area contributed by atoms with E-state index in [9.17, 15) is 4.79 Å². The summed E-state index contributed by atoms with van der Waals surface area (Å²) in [7, 11) is 3.51. The third-order valence-electron chi connectivity index (χ3n) is 2.90. The summed E-state index contributed by atoms with van der Waals surface area (Å²) in [6.07, 6.45) is 0.849. The molecule has 0 aromatic carbocycles. The number of nitrogens with zero attached hydrogens (tertiary/aromatic N) is 2. The number of amides is 1. The molecule has 0 radical (unpaired) electrons. The fourth-order valence-electron chi connectivity index (χ4n) is 1.67. The van der Waals surface area contributed by atoms with E-state index in [-0.39, 0.29) is 11.9 Å². The van der Waals surface area contributed by atoms with Gasteiger partial charge in [0.15, 0.2) is 0 Å². The molecule has 0 aliphatic heterocycles. The van der Waals surface area contributed by atoms with Gasteiger partial charge < -0.3 is 15.4 Å². The minimum absolute atomic E-state index is 0.142. The topological polar surface area (TPSA) is 58.8 Å². The number of ether oxygens (including phenoxy) is 1. The molecule has 2 N–H and O–H groups in total. The van der Waals surface area contributed by atoms with Gasteiger partial charge in [-0.05, 0) is 26.4 Å². The smallest absolute Gasteiger partial charge is 0.236 e. The van der Waals surface area contributed by atoms with E-state index in [1.165, 1.54) is 0 Å². The summed E-state index contributed by atoms with van der Waals surface area (Å²) >= 11 is 0. The molecule has 0 aliphatic carbocycles. The highest BCUT2D eigenvalue weighted by Crippen LogP contribution is 2.01. The maximum atomic E-state index is 11.9. The van der Waals surface area contributed by atoms with Crippen LogP contribution >= 0.6 is 0 Å². The highest BCUT2D eigenvalue weighted by atomic mass is 16.5. The van der Waals surface area contributed by atoms with Crippen molar-refractivity contribution in [3.8, 4) is 0 Å². The first-order chi connectivity index (χ1) is 8.06. The van der Waals surface area contributed by atoms with Gasteiger partial charge in [0.1, 0.15) is 0 Å². The number of rotatable bonds is 9. The van der Waals surface area contributed by atoms with Crippen LogP contribution in [0.25, 0.3) is 0 Å². The SMILES string of the molecule is CCN(CC(=O)N(C)CCCN)C(C)COC. The first kappa shape index (κ1) is 16.4. The van der Waals surface area contributed by atoms with Gasteiger partial charge in [0.05, 0.1) is 13.2 Å². The van der Waals surface area contributed by atoms with Crippen molar-refractivity contribution in [3.63, 3.8) is 0 Å². The fraction of sp³-hybridized carbons (Fsp3) is 0.917. The first-order valence-corrected chi connectivity index (χ1v) is 6.23. The number of carbonyl (C=O) groups is 1. The largest absolute Gasteiger partial charge is 0.383 e. The molecule has 0 aromatic rings. The van der Waals surface area contributed by atoms with Crippen molar-refractivity contribution < 1.29 is 9.53 Å². The lowest BCUT2D eigenvalue weighted by Gasteiger charge is -2.28. The molecule has 0 spiro atoms. The van der Waals surface area contributed by atoms with Gasteiger partial charge in [-0.3, -0.25) is 9.69 Å². The van der Waals surface area contributed by atoms with E-state index in [1.807, 2.05) is 7.05 Å². The zero-order valence-corrected chi connectivity index (χ0v) is 11.6. The maximum absolute atomic E-state index is 11.9. The monoisotopic (exact) mass is 245 g/mol. The molecule has 1 atom stereocenters. The molecule has 17 heavy (non-hydrogen) atoms. The lowest BCUT2D eigenvalue weighted by Crippen LogP contribution is -2.44. The molecule has 0 bridgehead atoms. The summed E-state index contributed by atoms with van der Waals surface area (Å²) in [5.41, 5.74) is 5.43. The number of methoxy groups -OCH3 is 1. The summed E-state index contributed by atoms with van der Waals surface area (Å²) in [5, 5.41) is 0. The molecule has 1 unspecified atom stereocenters. The number of hydrogen-bond donors (Lipinski definition) is 1. The van der Waals surface area contributed by atoms with E-state index < -0.39 is 0 Å². The Kier molecular flexibility index (Phi) is 9.03. The second kappa shape index (κ2) is 9.39. The van der Waals surface area contributed by atoms with Crippen LogP contribution < -0.4 is 5.73 Å². The predicted octanol–water partition coefficient (Wildman–Crippen LogP) is 0.150. The Balaban J connectivity index is 4.12. The quantitative estimate of drug-likeness (QED) is 0.628. The zero-order valence-electron chi connectivity index (χ0n) is 11.6. The van der Waals surface area contributed by atoms with E-state index in [2.05, 4.69) is 18.7 Å². The Labute approximate surface area is 105 Å². The minimum Gasteiger partial charge on any atom is -0.383 e. The predicted molar refractivity (Wildman–Crippen MR) is 69.9 cm³/mol. The number of hydrogen-bond acceptors (Lipinski definition) is 4. The van der Waals surface area contributed by atoms with Crippen LogP contribution in [0, 0.1) is 0 Å². The second-order valence-corrected chi connectivity index (χ2v) is 4.32. The molecular formula is C12H27N3O2. The van der Waals surface area contributed by atoms with Crippen LogP contribution in [-0.4, -0.2) is 68.7 Å². The molecular weight excluding hydrogens is 218 g/mol. The Hall–Kier alpha value is -0.650. The standard InChI is InChI=1S/C12H27N3O2/c1-5-15(11(2)10-17-4)9-12(16)14(3)8-6-7-13/h11H,5-10,13H2,1-4H3. The Morgan fingerprint density at radius 2 is 2.12 bits per heavy atom. The molecule has 0 aromatic heterocycles. The third-order valence-corrected chi connectivity index (χ3v) is 2.90. The van der Waals surface area contributed by atoms with Crippen molar-refractivity contribution in [2.75, 3.05) is 46.9 Å². The van der Waals surface area contributed by atoms with Crippen molar-refractivity contribution in [1.82, 2.24) is 9.80 Å². The Morgan fingerprint density at radius 3 is 2.59 bits per heavy atom. The van der Waals surface area contributed by atoms with E-state index >= 15 is 0 Å². The van der Waals surface area contributed by atoms with Crippen molar-refractivity contribution in [2.45, 2.75) is 26.3 Å². The highest BCUT2D eigenvalue weighted by Gasteiger charge is 2.17. The van der Waals surface area contributed by atoms with E-state index in [1.54, 1.807) is 12.0 Å². The lowest BCUT2D eigenvalue weighted by atomic mass is 10.3. The van der Waals surface area contributed by atoms with Crippen LogP contribution in [0.2, 0.25) is 0 Å². The van der Waals surface area contributed by atoms with Crippen LogP contribution in [0.3, 0.4) is 0 Å². The van der Waals surface area contributed by atoms with E-state index in [0.717, 1.165) is 19.5 Å². The van der Waals surface area contributed by atoms with Gasteiger partial charge >= 0.3 is 0 Å². The maximum Gasteiger partial charge on any atom is 0.236 e. The summed E-state index contributed by atoms with van der Waals surface area (Å²) < 4.78 is 5.11. The van der Waals surface area contributed by atoms with Gasteiger partial charge in [-0.2, -0.15) is 0 Å². The van der Waals surface area contributed by atoms with Crippen LogP contribution in [0.1, 0.15) is 20.3 Å². The van der Waals surface area contributed by atoms with E-state index in [0.29, 0.717) is 19.7 Å². The molecule has 0 saturated heterocycles. The van der Waals surface area contributed by atoms with Crippen molar-refractivity contribution in [1.29, 1.82) is 0 Å². The number of nitrogens with two attached hydrogens (primary N) is 1. The van der Waals surface area contributed by atoms with Crippen LogP contribution in [0.5, 0.6) is 0 Å². The van der Waals surface area contributed by atoms with Crippen molar-refractivity contribution in [2.24, 2.45) is 5.73 Å². The molecule has 102 valence electrons. The zero-order chi connectivity index (χ0) is 13.3. The average Bonchev–Trinajstić information content (AvgIpc) is 2.32. The molecule has 5 heteroatoms. The number of carbonyl (C=O) groups excluding carboxylic acids is 1. The van der Waals surface area contributed by atoms with Gasteiger partial charge in [0.25, 0.3) is 0 Å². The summed E-state index contributed by atoms with van der Waals surface area (Å²) in [4.78, 5) is 15.8. The summed E-state index contributed by atoms with van der Waals surface area (Å²) in [6.45, 7) is 7.41. The number of likely N-dealkylation sites (N-methyl/N-ethyl adjacent to an activating group) is 2. The fourth-order valence-corrected chi connectivity index (χ4v) is 1.67. The average molecular weight is 245 g/mol. The molecule has 5 nitrogen and oxygen atoms in total. The highest BCUT2D eigenvalue weighted by molar-refractivity contribution is 5.78. The molecule has 0 fully saturated rings. The van der Waals surface area contributed by atoms with Gasteiger partial charge in [-0.1, -0.05) is 6.92 Å². The van der Waals surface area contributed by atoms with Gasteiger partial charge in [-0.25, -0.2) is 0 Å². The van der Waals surface area contributed by atoms with Gasteiger partial charge in [0, 0.05) is 26.7 Å². The molecule has 0 rings (SSSR count). The van der Waals surface area contributed by atoms with Gasteiger partial charge in [0.2, 0.25) is 5.91 Å². The normalized spacial score (nSPS) is 12.8. The van der Waals surface area contributed by atoms with Crippen molar-refractivity contribution >= 4 is 5.91 Å². The van der Waals surface area contributed by atoms with Gasteiger partial charge in [-0.15, -0.1) is 0 Å². The molecule has 0 aliphatic rings. The van der Waals surface area contributed by atoms with Crippen LogP contribution in [0.4, 0.5) is 0 Å².